The van der Waals surface area contributed by atoms with Crippen molar-refractivity contribution in [2.45, 2.75) is 25.7 Å². The zero-order valence-electron chi connectivity index (χ0n) is 9.04. The Labute approximate surface area is 108 Å². The van der Waals surface area contributed by atoms with Crippen LogP contribution in [-0.2, 0) is 11.2 Å². The highest BCUT2D eigenvalue weighted by Crippen LogP contribution is 2.21. The van der Waals surface area contributed by atoms with Crippen molar-refractivity contribution >= 4 is 33.2 Å². The third kappa shape index (κ3) is 5.63. The van der Waals surface area contributed by atoms with E-state index in [1.54, 1.807) is 11.3 Å². The minimum absolute atomic E-state index is 0.0732. The first kappa shape index (κ1) is 13.7. The van der Waals surface area contributed by atoms with E-state index in [1.165, 1.54) is 4.88 Å². The van der Waals surface area contributed by atoms with Gasteiger partial charge < -0.3 is 10.4 Å². The second kappa shape index (κ2) is 7.81. The lowest BCUT2D eigenvalue weighted by Gasteiger charge is -2.03. The molecule has 0 aromatic carbocycles. The third-order valence-corrected chi connectivity index (χ3v) is 3.82. The van der Waals surface area contributed by atoms with Crippen molar-refractivity contribution < 1.29 is 9.90 Å². The Bertz CT molecular complexity index is 328. The van der Waals surface area contributed by atoms with Crippen LogP contribution in [0.2, 0.25) is 0 Å². The fraction of sp³-hybridized carbons (Fsp3) is 0.545. The highest BCUT2D eigenvalue weighted by atomic mass is 79.9. The van der Waals surface area contributed by atoms with Crippen LogP contribution in [0.4, 0.5) is 0 Å². The van der Waals surface area contributed by atoms with E-state index in [4.69, 9.17) is 5.11 Å². The first-order valence-corrected chi connectivity index (χ1v) is 6.95. The fourth-order valence-corrected chi connectivity index (χ4v) is 2.78. The standard InChI is InChI=1S/C11H16BrNO2S/c12-10-5-4-9(16-10)6-7-13-11(15)3-1-2-8-14/h4-5,14H,1-3,6-8H2,(H,13,15). The smallest absolute Gasteiger partial charge is 0.220 e. The zero-order chi connectivity index (χ0) is 11.8. The van der Waals surface area contributed by atoms with Gasteiger partial charge in [0.05, 0.1) is 3.79 Å². The minimum Gasteiger partial charge on any atom is -0.396 e. The number of amides is 1. The van der Waals surface area contributed by atoms with Gasteiger partial charge in [0.2, 0.25) is 5.91 Å². The zero-order valence-corrected chi connectivity index (χ0v) is 11.4. The van der Waals surface area contributed by atoms with E-state index in [0.29, 0.717) is 19.4 Å². The van der Waals surface area contributed by atoms with E-state index in [2.05, 4.69) is 27.3 Å². The highest BCUT2D eigenvalue weighted by molar-refractivity contribution is 9.11. The molecule has 3 nitrogen and oxygen atoms in total. The van der Waals surface area contributed by atoms with Gasteiger partial charge in [-0.05, 0) is 47.3 Å². The van der Waals surface area contributed by atoms with Gasteiger partial charge in [-0.15, -0.1) is 11.3 Å². The quantitative estimate of drug-likeness (QED) is 0.760. The lowest BCUT2D eigenvalue weighted by molar-refractivity contribution is -0.121. The second-order valence-electron chi connectivity index (χ2n) is 3.49. The molecule has 90 valence electrons. The first-order chi connectivity index (χ1) is 7.72. The molecule has 0 atom stereocenters. The summed E-state index contributed by atoms with van der Waals surface area (Å²) in [5, 5.41) is 11.4. The largest absolute Gasteiger partial charge is 0.396 e. The SMILES string of the molecule is O=C(CCCCO)NCCc1ccc(Br)s1. The molecule has 0 fully saturated rings. The van der Waals surface area contributed by atoms with Gasteiger partial charge in [-0.25, -0.2) is 0 Å². The van der Waals surface area contributed by atoms with Crippen LogP contribution in [0.3, 0.4) is 0 Å². The molecule has 0 unspecified atom stereocenters. The molecular weight excluding hydrogens is 290 g/mol. The van der Waals surface area contributed by atoms with Crippen LogP contribution in [0.15, 0.2) is 15.9 Å². The molecular formula is C11H16BrNO2S. The number of thiophene rings is 1. The predicted octanol–water partition coefficient (Wildman–Crippen LogP) is 2.33. The monoisotopic (exact) mass is 305 g/mol. The number of nitrogens with one attached hydrogen (secondary N) is 1. The Morgan fingerprint density at radius 3 is 2.88 bits per heavy atom. The molecule has 0 aliphatic carbocycles. The third-order valence-electron chi connectivity index (χ3n) is 2.13. The molecule has 1 amide bonds. The molecule has 0 aliphatic rings. The molecule has 0 saturated heterocycles. The van der Waals surface area contributed by atoms with E-state index in [-0.39, 0.29) is 12.5 Å². The number of hydrogen-bond donors (Lipinski definition) is 2. The molecule has 1 aromatic heterocycles. The average Bonchev–Trinajstić information content (AvgIpc) is 2.65. The topological polar surface area (TPSA) is 49.3 Å². The van der Waals surface area contributed by atoms with Crippen LogP contribution in [0.5, 0.6) is 0 Å². The summed E-state index contributed by atoms with van der Waals surface area (Å²) in [6.07, 6.45) is 2.84. The Balaban J connectivity index is 2.08. The van der Waals surface area contributed by atoms with E-state index >= 15 is 0 Å². The molecule has 16 heavy (non-hydrogen) atoms. The van der Waals surface area contributed by atoms with Gasteiger partial charge in [0, 0.05) is 24.4 Å². The molecule has 5 heteroatoms. The van der Waals surface area contributed by atoms with Crippen LogP contribution in [-0.4, -0.2) is 24.2 Å². The van der Waals surface area contributed by atoms with Crippen molar-refractivity contribution in [3.63, 3.8) is 0 Å². The molecule has 0 aliphatic heterocycles. The number of carbonyl (C=O) groups excluding carboxylic acids is 1. The summed E-state index contributed by atoms with van der Waals surface area (Å²) in [4.78, 5) is 12.6. The number of aliphatic hydroxyl groups is 1. The maximum atomic E-state index is 11.3. The molecule has 1 heterocycles. The van der Waals surface area contributed by atoms with Crippen LogP contribution in [0.25, 0.3) is 0 Å². The van der Waals surface area contributed by atoms with E-state index < -0.39 is 0 Å². The van der Waals surface area contributed by atoms with Crippen LogP contribution >= 0.6 is 27.3 Å². The second-order valence-corrected chi connectivity index (χ2v) is 6.03. The summed E-state index contributed by atoms with van der Waals surface area (Å²) in [6, 6.07) is 4.08. The number of halogens is 1. The summed E-state index contributed by atoms with van der Waals surface area (Å²) in [5.41, 5.74) is 0. The molecule has 1 rings (SSSR count). The van der Waals surface area contributed by atoms with Gasteiger partial charge in [-0.2, -0.15) is 0 Å². The van der Waals surface area contributed by atoms with Crippen LogP contribution in [0.1, 0.15) is 24.1 Å². The number of hydrogen-bond acceptors (Lipinski definition) is 3. The number of aliphatic hydroxyl groups excluding tert-OH is 1. The molecule has 2 N–H and O–H groups in total. The van der Waals surface area contributed by atoms with Crippen molar-refractivity contribution in [2.75, 3.05) is 13.2 Å². The molecule has 0 spiro atoms. The van der Waals surface area contributed by atoms with Crippen LogP contribution in [0, 0.1) is 0 Å². The van der Waals surface area contributed by atoms with Gasteiger partial charge in [0.1, 0.15) is 0 Å². The first-order valence-electron chi connectivity index (χ1n) is 5.34. The summed E-state index contributed by atoms with van der Waals surface area (Å²) < 4.78 is 1.12. The van der Waals surface area contributed by atoms with Crippen molar-refractivity contribution in [1.29, 1.82) is 0 Å². The number of unbranched alkanes of at least 4 members (excludes halogenated alkanes) is 1. The molecule has 0 bridgehead atoms. The predicted molar refractivity (Wildman–Crippen MR) is 69.7 cm³/mol. The Morgan fingerprint density at radius 1 is 1.44 bits per heavy atom. The molecule has 0 saturated carbocycles. The maximum absolute atomic E-state index is 11.3. The van der Waals surface area contributed by atoms with Gasteiger partial charge in [0.25, 0.3) is 0 Å². The molecule has 0 radical (unpaired) electrons. The van der Waals surface area contributed by atoms with Gasteiger partial charge in [0.15, 0.2) is 0 Å². The van der Waals surface area contributed by atoms with E-state index in [1.807, 2.05) is 6.07 Å². The maximum Gasteiger partial charge on any atom is 0.220 e. The van der Waals surface area contributed by atoms with E-state index in [9.17, 15) is 4.79 Å². The summed E-state index contributed by atoms with van der Waals surface area (Å²) >= 11 is 5.10. The lowest BCUT2D eigenvalue weighted by Crippen LogP contribution is -2.25. The normalized spacial score (nSPS) is 10.4. The summed E-state index contributed by atoms with van der Waals surface area (Å²) in [7, 11) is 0. The summed E-state index contributed by atoms with van der Waals surface area (Å²) in [5.74, 6) is 0.0732. The highest BCUT2D eigenvalue weighted by Gasteiger charge is 2.01. The van der Waals surface area contributed by atoms with Crippen LogP contribution < -0.4 is 5.32 Å². The number of carbonyl (C=O) groups is 1. The number of rotatable bonds is 7. The van der Waals surface area contributed by atoms with Gasteiger partial charge >= 0.3 is 0 Å². The Morgan fingerprint density at radius 2 is 2.25 bits per heavy atom. The van der Waals surface area contributed by atoms with Gasteiger partial charge in [-0.3, -0.25) is 4.79 Å². The fourth-order valence-electron chi connectivity index (χ4n) is 1.30. The summed E-state index contributed by atoms with van der Waals surface area (Å²) in [6.45, 7) is 0.849. The minimum atomic E-state index is 0.0732. The van der Waals surface area contributed by atoms with E-state index in [0.717, 1.165) is 16.6 Å². The molecule has 1 aromatic rings. The van der Waals surface area contributed by atoms with Crippen molar-refractivity contribution in [1.82, 2.24) is 5.32 Å². The van der Waals surface area contributed by atoms with Crippen molar-refractivity contribution in [3.8, 4) is 0 Å². The van der Waals surface area contributed by atoms with Crippen molar-refractivity contribution in [3.05, 3.63) is 20.8 Å². The Kier molecular flexibility index (Phi) is 6.68. The lowest BCUT2D eigenvalue weighted by atomic mass is 10.2. The average molecular weight is 306 g/mol. The van der Waals surface area contributed by atoms with Crippen molar-refractivity contribution in [2.24, 2.45) is 0 Å². The Hall–Kier alpha value is -0.390. The van der Waals surface area contributed by atoms with Gasteiger partial charge in [-0.1, -0.05) is 0 Å².